The number of benzene rings is 1. The first-order valence-electron chi connectivity index (χ1n) is 13.0. The number of rotatable bonds is 6. The molecule has 1 amide bonds. The molecule has 34 heavy (non-hydrogen) atoms. The van der Waals surface area contributed by atoms with Gasteiger partial charge in [0, 0.05) is 6.54 Å². The lowest BCUT2D eigenvalue weighted by Gasteiger charge is -2.48. The maximum absolute atomic E-state index is 14.7. The van der Waals surface area contributed by atoms with E-state index in [1.54, 1.807) is 6.07 Å². The van der Waals surface area contributed by atoms with Crippen LogP contribution in [0.15, 0.2) is 24.3 Å². The molecule has 2 saturated carbocycles. The van der Waals surface area contributed by atoms with Gasteiger partial charge in [0.25, 0.3) is 0 Å². The molecule has 6 nitrogen and oxygen atoms in total. The number of amides is 1. The predicted octanol–water partition coefficient (Wildman–Crippen LogP) is 5.71. The fraction of sp³-hybridized carbons (Fsp3) is 0.593. The fourth-order valence-corrected chi connectivity index (χ4v) is 6.86. The van der Waals surface area contributed by atoms with Crippen LogP contribution in [0.1, 0.15) is 76.8 Å². The van der Waals surface area contributed by atoms with Gasteiger partial charge >= 0.3 is 0 Å². The molecule has 182 valence electrons. The molecule has 0 atom stereocenters. The number of carbonyl (C=O) groups is 1. The van der Waals surface area contributed by atoms with Crippen LogP contribution in [0.25, 0.3) is 22.6 Å². The van der Waals surface area contributed by atoms with Gasteiger partial charge < -0.3 is 10.3 Å². The number of halogens is 1. The highest BCUT2D eigenvalue weighted by atomic mass is 19.1. The van der Waals surface area contributed by atoms with Gasteiger partial charge in [-0.15, -0.1) is 0 Å². The number of hydrogen-bond donors (Lipinski definition) is 1. The standard InChI is InChI=1S/C27H36FN5O/c1-3-32-24(16-18(2)31-32)25-30-22-15-14-21(28)17-23(22)33(25)27(26(29)34,19-10-6-4-7-11-19)20-12-8-5-9-13-20/h14-17,19-20H,3-13H2,1-2H3,(H2,29,34). The normalized spacial score (nSPS) is 18.6. The third-order valence-electron chi connectivity index (χ3n) is 8.27. The summed E-state index contributed by atoms with van der Waals surface area (Å²) in [4.78, 5) is 18.9. The molecule has 5 rings (SSSR count). The number of aryl methyl sites for hydroxylation is 2. The Morgan fingerprint density at radius 1 is 1.06 bits per heavy atom. The third-order valence-corrected chi connectivity index (χ3v) is 8.27. The van der Waals surface area contributed by atoms with Crippen molar-refractivity contribution in [2.75, 3.05) is 0 Å². The number of nitrogens with zero attached hydrogens (tertiary/aromatic N) is 4. The van der Waals surface area contributed by atoms with E-state index >= 15 is 0 Å². The molecule has 0 radical (unpaired) electrons. The minimum atomic E-state index is -0.935. The minimum absolute atomic E-state index is 0.111. The molecular weight excluding hydrogens is 429 g/mol. The van der Waals surface area contributed by atoms with Gasteiger partial charge in [0.1, 0.15) is 17.1 Å². The first-order valence-corrected chi connectivity index (χ1v) is 13.0. The molecule has 0 bridgehead atoms. The Morgan fingerprint density at radius 3 is 2.24 bits per heavy atom. The van der Waals surface area contributed by atoms with Crippen molar-refractivity contribution in [3.63, 3.8) is 0 Å². The molecule has 2 aromatic heterocycles. The quantitative estimate of drug-likeness (QED) is 0.506. The average molecular weight is 466 g/mol. The Morgan fingerprint density at radius 2 is 1.68 bits per heavy atom. The van der Waals surface area contributed by atoms with Crippen LogP contribution in [0.3, 0.4) is 0 Å². The molecule has 0 spiro atoms. The Balaban J connectivity index is 1.87. The van der Waals surface area contributed by atoms with Gasteiger partial charge in [-0.25, -0.2) is 9.37 Å². The van der Waals surface area contributed by atoms with Crippen molar-refractivity contribution in [2.24, 2.45) is 17.6 Å². The van der Waals surface area contributed by atoms with E-state index in [1.807, 2.05) is 24.6 Å². The first kappa shape index (κ1) is 23.1. The number of nitrogens with two attached hydrogens (primary N) is 1. The van der Waals surface area contributed by atoms with E-state index in [0.717, 1.165) is 62.8 Å². The van der Waals surface area contributed by atoms with Gasteiger partial charge in [-0.3, -0.25) is 9.48 Å². The summed E-state index contributed by atoms with van der Waals surface area (Å²) in [6.45, 7) is 4.69. The molecule has 2 fully saturated rings. The van der Waals surface area contributed by atoms with E-state index < -0.39 is 5.54 Å². The highest BCUT2D eigenvalue weighted by Crippen LogP contribution is 2.50. The van der Waals surface area contributed by atoms with Crippen LogP contribution in [-0.4, -0.2) is 25.2 Å². The molecule has 1 aromatic carbocycles. The smallest absolute Gasteiger partial charge is 0.244 e. The Kier molecular flexibility index (Phi) is 6.21. The van der Waals surface area contributed by atoms with E-state index in [9.17, 15) is 9.18 Å². The van der Waals surface area contributed by atoms with Crippen molar-refractivity contribution in [1.82, 2.24) is 19.3 Å². The zero-order valence-electron chi connectivity index (χ0n) is 20.4. The van der Waals surface area contributed by atoms with Gasteiger partial charge in [-0.05, 0) is 75.6 Å². The van der Waals surface area contributed by atoms with Crippen LogP contribution < -0.4 is 5.73 Å². The second-order valence-corrected chi connectivity index (χ2v) is 10.3. The Hall–Kier alpha value is -2.70. The monoisotopic (exact) mass is 465 g/mol. The summed E-state index contributed by atoms with van der Waals surface area (Å²) in [7, 11) is 0. The SMILES string of the molecule is CCn1nc(C)cc1-c1nc2ccc(F)cc2n1C(C(N)=O)(C1CCCCC1)C1CCCCC1. The number of aromatic nitrogens is 4. The van der Waals surface area contributed by atoms with Crippen LogP contribution >= 0.6 is 0 Å². The third kappa shape index (κ3) is 3.64. The van der Waals surface area contributed by atoms with Crippen LogP contribution in [0.4, 0.5) is 4.39 Å². The Labute approximate surface area is 200 Å². The summed E-state index contributed by atoms with van der Waals surface area (Å²) in [6.07, 6.45) is 10.6. The highest BCUT2D eigenvalue weighted by molar-refractivity contribution is 5.89. The van der Waals surface area contributed by atoms with Gasteiger partial charge in [0.2, 0.25) is 5.91 Å². The summed E-state index contributed by atoms with van der Waals surface area (Å²) >= 11 is 0. The largest absolute Gasteiger partial charge is 0.368 e. The lowest BCUT2D eigenvalue weighted by Crippen LogP contribution is -2.58. The van der Waals surface area contributed by atoms with E-state index in [1.165, 1.54) is 25.0 Å². The summed E-state index contributed by atoms with van der Waals surface area (Å²) in [5.41, 5.74) is 8.63. The molecule has 0 unspecified atom stereocenters. The van der Waals surface area contributed by atoms with E-state index in [0.29, 0.717) is 23.4 Å². The van der Waals surface area contributed by atoms with Crippen molar-refractivity contribution in [3.05, 3.63) is 35.8 Å². The molecule has 2 aliphatic carbocycles. The molecule has 2 heterocycles. The van der Waals surface area contributed by atoms with E-state index in [4.69, 9.17) is 10.7 Å². The van der Waals surface area contributed by atoms with E-state index in [-0.39, 0.29) is 23.6 Å². The first-order chi connectivity index (χ1) is 16.5. The molecular formula is C27H36FN5O. The molecule has 0 aliphatic heterocycles. The Bertz CT molecular complexity index is 1170. The number of hydrogen-bond acceptors (Lipinski definition) is 3. The van der Waals surface area contributed by atoms with Crippen molar-refractivity contribution in [1.29, 1.82) is 0 Å². The summed E-state index contributed by atoms with van der Waals surface area (Å²) in [6, 6.07) is 6.72. The highest BCUT2D eigenvalue weighted by Gasteiger charge is 2.53. The lowest BCUT2D eigenvalue weighted by molar-refractivity contribution is -0.135. The number of fused-ring (bicyclic) bond motifs is 1. The molecule has 3 aromatic rings. The summed E-state index contributed by atoms with van der Waals surface area (Å²) < 4.78 is 18.7. The van der Waals surface area contributed by atoms with Gasteiger partial charge in [0.05, 0.1) is 16.7 Å². The maximum atomic E-state index is 14.7. The van der Waals surface area contributed by atoms with Crippen molar-refractivity contribution in [3.8, 4) is 11.5 Å². The van der Waals surface area contributed by atoms with Crippen LogP contribution in [0.5, 0.6) is 0 Å². The zero-order valence-corrected chi connectivity index (χ0v) is 20.4. The van der Waals surface area contributed by atoms with Gasteiger partial charge in [0.15, 0.2) is 5.82 Å². The van der Waals surface area contributed by atoms with Crippen molar-refractivity contribution in [2.45, 2.75) is 90.1 Å². The average Bonchev–Trinajstić information content (AvgIpc) is 3.41. The van der Waals surface area contributed by atoms with Crippen molar-refractivity contribution >= 4 is 16.9 Å². The number of carbonyl (C=O) groups excluding carboxylic acids is 1. The second-order valence-electron chi connectivity index (χ2n) is 10.3. The van der Waals surface area contributed by atoms with Crippen LogP contribution in [0, 0.1) is 24.6 Å². The predicted molar refractivity (Wildman–Crippen MR) is 132 cm³/mol. The van der Waals surface area contributed by atoms with Crippen molar-refractivity contribution < 1.29 is 9.18 Å². The fourth-order valence-electron chi connectivity index (χ4n) is 6.86. The topological polar surface area (TPSA) is 78.7 Å². The van der Waals surface area contributed by atoms with Crippen LogP contribution in [0.2, 0.25) is 0 Å². The number of imidazole rings is 1. The van der Waals surface area contributed by atoms with E-state index in [2.05, 4.69) is 9.67 Å². The zero-order chi connectivity index (χ0) is 23.9. The number of primary amides is 1. The van der Waals surface area contributed by atoms with Crippen LogP contribution in [-0.2, 0) is 16.9 Å². The van der Waals surface area contributed by atoms with Gasteiger partial charge in [-0.2, -0.15) is 5.10 Å². The molecule has 7 heteroatoms. The van der Waals surface area contributed by atoms with Gasteiger partial charge in [-0.1, -0.05) is 38.5 Å². The summed E-state index contributed by atoms with van der Waals surface area (Å²) in [5.74, 6) is 0.278. The molecule has 0 saturated heterocycles. The molecule has 2 aliphatic rings. The second kappa shape index (κ2) is 9.16. The molecule has 2 N–H and O–H groups in total. The minimum Gasteiger partial charge on any atom is -0.368 e. The lowest BCUT2D eigenvalue weighted by atomic mass is 9.63. The summed E-state index contributed by atoms with van der Waals surface area (Å²) in [5, 5.41) is 4.66. The maximum Gasteiger partial charge on any atom is 0.244 e.